The SMILES string of the molecule is CNC[C@H]1Oc2c(NC(=O)Nc3ccc(F)cc3)cccc2C(=O)N([C@@H](C)CO)C[C@@H]1C. The number of hydrogen-bond acceptors (Lipinski definition) is 5. The van der Waals surface area contributed by atoms with Gasteiger partial charge in [-0.1, -0.05) is 13.0 Å². The van der Waals surface area contributed by atoms with Crippen LogP contribution in [0.4, 0.5) is 20.6 Å². The summed E-state index contributed by atoms with van der Waals surface area (Å²) in [7, 11) is 1.81. The van der Waals surface area contributed by atoms with Crippen molar-refractivity contribution in [3.8, 4) is 5.75 Å². The predicted octanol–water partition coefficient (Wildman–Crippen LogP) is 2.91. The van der Waals surface area contributed by atoms with Gasteiger partial charge >= 0.3 is 6.03 Å². The van der Waals surface area contributed by atoms with Crippen LogP contribution < -0.4 is 20.7 Å². The van der Waals surface area contributed by atoms with E-state index in [9.17, 15) is 19.1 Å². The van der Waals surface area contributed by atoms with E-state index in [1.807, 2.05) is 14.0 Å². The third kappa shape index (κ3) is 5.35. The van der Waals surface area contributed by atoms with E-state index in [-0.39, 0.29) is 36.3 Å². The molecule has 4 N–H and O–H groups in total. The standard InChI is InChI=1S/C23H29FN4O4/c1-14-12-28(15(2)13-29)22(30)18-5-4-6-19(21(18)32-20(14)11-25-3)27-23(31)26-17-9-7-16(24)8-10-17/h4-10,14-15,20,25,29H,11-13H2,1-3H3,(H2,26,27,31)/t14-,15-,20+/m0/s1. The van der Waals surface area contributed by atoms with Crippen LogP contribution >= 0.6 is 0 Å². The van der Waals surface area contributed by atoms with Crippen molar-refractivity contribution in [3.63, 3.8) is 0 Å². The van der Waals surface area contributed by atoms with Crippen molar-refractivity contribution < 1.29 is 23.8 Å². The quantitative estimate of drug-likeness (QED) is 0.549. The highest BCUT2D eigenvalue weighted by Crippen LogP contribution is 2.34. The van der Waals surface area contributed by atoms with Gasteiger partial charge in [-0.2, -0.15) is 0 Å². The highest BCUT2D eigenvalue weighted by atomic mass is 19.1. The van der Waals surface area contributed by atoms with Crippen LogP contribution in [-0.4, -0.2) is 60.8 Å². The van der Waals surface area contributed by atoms with Crippen molar-refractivity contribution in [2.24, 2.45) is 5.92 Å². The Bertz CT molecular complexity index is 954. The normalized spacial score (nSPS) is 19.3. The first-order valence-corrected chi connectivity index (χ1v) is 10.5. The molecule has 32 heavy (non-hydrogen) atoms. The number of nitrogens with one attached hydrogen (secondary N) is 3. The summed E-state index contributed by atoms with van der Waals surface area (Å²) in [5, 5.41) is 18.1. The van der Waals surface area contributed by atoms with Crippen LogP contribution in [0.3, 0.4) is 0 Å². The molecule has 3 amide bonds. The van der Waals surface area contributed by atoms with Gasteiger partial charge in [0.25, 0.3) is 5.91 Å². The Kier molecular flexibility index (Phi) is 7.66. The summed E-state index contributed by atoms with van der Waals surface area (Å²) in [4.78, 5) is 27.5. The molecule has 172 valence electrons. The van der Waals surface area contributed by atoms with E-state index in [1.165, 1.54) is 24.3 Å². The molecule has 0 saturated heterocycles. The minimum atomic E-state index is -0.554. The van der Waals surface area contributed by atoms with E-state index in [0.29, 0.717) is 30.0 Å². The number of hydrogen-bond donors (Lipinski definition) is 4. The number of carbonyl (C=O) groups is 2. The van der Waals surface area contributed by atoms with E-state index >= 15 is 0 Å². The topological polar surface area (TPSA) is 103 Å². The number of halogens is 1. The van der Waals surface area contributed by atoms with Crippen molar-refractivity contribution in [3.05, 3.63) is 53.8 Å². The lowest BCUT2D eigenvalue weighted by atomic mass is 9.99. The molecule has 0 unspecified atom stereocenters. The molecule has 2 aromatic rings. The molecule has 0 aromatic heterocycles. The average molecular weight is 445 g/mol. The Morgan fingerprint density at radius 2 is 1.97 bits per heavy atom. The molecule has 9 heteroatoms. The summed E-state index contributed by atoms with van der Waals surface area (Å²) in [6.45, 7) is 4.57. The Balaban J connectivity index is 1.93. The minimum absolute atomic E-state index is 0.0327. The number of aliphatic hydroxyl groups excluding tert-OH is 1. The first-order valence-electron chi connectivity index (χ1n) is 10.5. The summed E-state index contributed by atoms with van der Waals surface area (Å²) in [5.41, 5.74) is 1.06. The van der Waals surface area contributed by atoms with Gasteiger partial charge in [0, 0.05) is 24.7 Å². The Morgan fingerprint density at radius 1 is 1.25 bits per heavy atom. The van der Waals surface area contributed by atoms with Gasteiger partial charge in [0.05, 0.1) is 23.9 Å². The lowest BCUT2D eigenvalue weighted by molar-refractivity contribution is 0.0417. The first-order chi connectivity index (χ1) is 15.3. The number of aliphatic hydroxyl groups is 1. The van der Waals surface area contributed by atoms with Gasteiger partial charge in [0.1, 0.15) is 11.9 Å². The fourth-order valence-electron chi connectivity index (χ4n) is 3.60. The second-order valence-corrected chi connectivity index (χ2v) is 7.95. The number of para-hydroxylation sites is 1. The van der Waals surface area contributed by atoms with E-state index in [1.54, 1.807) is 30.0 Å². The number of amides is 3. The second kappa shape index (κ2) is 10.4. The number of likely N-dealkylation sites (N-methyl/N-ethyl adjacent to an activating group) is 1. The van der Waals surface area contributed by atoms with E-state index in [4.69, 9.17) is 4.74 Å². The number of anilines is 2. The van der Waals surface area contributed by atoms with Crippen molar-refractivity contribution in [2.75, 3.05) is 37.4 Å². The van der Waals surface area contributed by atoms with Gasteiger partial charge in [-0.15, -0.1) is 0 Å². The van der Waals surface area contributed by atoms with Crippen LogP contribution in [0.25, 0.3) is 0 Å². The predicted molar refractivity (Wildman–Crippen MR) is 121 cm³/mol. The zero-order valence-electron chi connectivity index (χ0n) is 18.4. The smallest absolute Gasteiger partial charge is 0.323 e. The number of benzene rings is 2. The van der Waals surface area contributed by atoms with Gasteiger partial charge in [0.2, 0.25) is 0 Å². The van der Waals surface area contributed by atoms with E-state index in [2.05, 4.69) is 16.0 Å². The highest BCUT2D eigenvalue weighted by Gasteiger charge is 2.33. The Hall–Kier alpha value is -3.17. The number of urea groups is 1. The van der Waals surface area contributed by atoms with Crippen molar-refractivity contribution >= 4 is 23.3 Å². The number of fused-ring (bicyclic) bond motifs is 1. The lowest BCUT2D eigenvalue weighted by Gasteiger charge is -2.37. The first kappa shape index (κ1) is 23.5. The van der Waals surface area contributed by atoms with Gasteiger partial charge in [-0.3, -0.25) is 4.79 Å². The monoisotopic (exact) mass is 444 g/mol. The molecule has 0 fully saturated rings. The van der Waals surface area contributed by atoms with Crippen LogP contribution in [0.1, 0.15) is 24.2 Å². The van der Waals surface area contributed by atoms with Gasteiger partial charge < -0.3 is 30.7 Å². The molecular formula is C23H29FN4O4. The molecule has 0 radical (unpaired) electrons. The molecule has 8 nitrogen and oxygen atoms in total. The third-order valence-electron chi connectivity index (χ3n) is 5.45. The number of ether oxygens (including phenoxy) is 1. The van der Waals surface area contributed by atoms with E-state index < -0.39 is 11.8 Å². The van der Waals surface area contributed by atoms with Gasteiger partial charge in [-0.05, 0) is 50.4 Å². The van der Waals surface area contributed by atoms with Crippen LogP contribution in [0, 0.1) is 11.7 Å². The molecular weight excluding hydrogens is 415 g/mol. The van der Waals surface area contributed by atoms with Gasteiger partial charge in [0.15, 0.2) is 5.75 Å². The summed E-state index contributed by atoms with van der Waals surface area (Å²) in [5.74, 6) is -0.444. The summed E-state index contributed by atoms with van der Waals surface area (Å²) < 4.78 is 19.4. The van der Waals surface area contributed by atoms with Crippen LogP contribution in [0.5, 0.6) is 5.75 Å². The largest absolute Gasteiger partial charge is 0.486 e. The summed E-state index contributed by atoms with van der Waals surface area (Å²) >= 11 is 0. The maximum Gasteiger partial charge on any atom is 0.323 e. The highest BCUT2D eigenvalue weighted by molar-refractivity contribution is 6.04. The van der Waals surface area contributed by atoms with Gasteiger partial charge in [-0.25, -0.2) is 9.18 Å². The van der Waals surface area contributed by atoms with Crippen molar-refractivity contribution in [1.29, 1.82) is 0 Å². The summed E-state index contributed by atoms with van der Waals surface area (Å²) in [6.07, 6.45) is -0.275. The van der Waals surface area contributed by atoms with E-state index in [0.717, 1.165) is 0 Å². The number of carbonyl (C=O) groups excluding carboxylic acids is 2. The molecule has 0 bridgehead atoms. The number of nitrogens with zero attached hydrogens (tertiary/aromatic N) is 1. The van der Waals surface area contributed by atoms with Crippen LogP contribution in [-0.2, 0) is 0 Å². The Labute approximate surface area is 186 Å². The fourth-order valence-corrected chi connectivity index (χ4v) is 3.60. The van der Waals surface area contributed by atoms with Crippen molar-refractivity contribution in [1.82, 2.24) is 10.2 Å². The minimum Gasteiger partial charge on any atom is -0.486 e. The molecule has 3 rings (SSSR count). The molecule has 1 heterocycles. The molecule has 3 atom stereocenters. The molecule has 0 saturated carbocycles. The average Bonchev–Trinajstić information content (AvgIpc) is 2.77. The summed E-state index contributed by atoms with van der Waals surface area (Å²) in [6, 6.07) is 9.42. The second-order valence-electron chi connectivity index (χ2n) is 7.95. The molecule has 1 aliphatic rings. The molecule has 0 aliphatic carbocycles. The Morgan fingerprint density at radius 3 is 2.62 bits per heavy atom. The number of rotatable bonds is 6. The maximum atomic E-state index is 13.3. The van der Waals surface area contributed by atoms with Crippen LogP contribution in [0.2, 0.25) is 0 Å². The zero-order chi connectivity index (χ0) is 23.3. The molecule has 0 spiro atoms. The fraction of sp³-hybridized carbons (Fsp3) is 0.391. The van der Waals surface area contributed by atoms with Crippen molar-refractivity contribution in [2.45, 2.75) is 26.0 Å². The third-order valence-corrected chi connectivity index (χ3v) is 5.45. The molecule has 2 aromatic carbocycles. The molecule has 1 aliphatic heterocycles. The van der Waals surface area contributed by atoms with Crippen LogP contribution in [0.15, 0.2) is 42.5 Å². The maximum absolute atomic E-state index is 13.3. The zero-order valence-corrected chi connectivity index (χ0v) is 18.4. The lowest BCUT2D eigenvalue weighted by Crippen LogP contribution is -2.49.